The quantitative estimate of drug-likeness (QED) is 0.524. The van der Waals surface area contributed by atoms with Crippen LogP contribution in [0, 0.1) is 17.5 Å². The Morgan fingerprint density at radius 3 is 2.14 bits per heavy atom. The summed E-state index contributed by atoms with van der Waals surface area (Å²) in [6.07, 6.45) is 0. The molecular weight excluding hydrogens is 411 g/mol. The molecule has 0 saturated carbocycles. The SMILES string of the molecule is C[C@@H](c1ccccc1F)N(c1ccc(F)cc1)S(=O)(=O)c1ccc(F)c(Cl)c1. The summed E-state index contributed by atoms with van der Waals surface area (Å²) in [5.41, 5.74) is 0.251. The van der Waals surface area contributed by atoms with E-state index in [4.69, 9.17) is 11.6 Å². The molecule has 0 N–H and O–H groups in total. The number of hydrogen-bond donors (Lipinski definition) is 0. The molecule has 0 saturated heterocycles. The molecule has 0 bridgehead atoms. The molecule has 0 spiro atoms. The van der Waals surface area contributed by atoms with Gasteiger partial charge in [-0.15, -0.1) is 0 Å². The fraction of sp³-hybridized carbons (Fsp3) is 0.100. The van der Waals surface area contributed by atoms with Gasteiger partial charge in [0.15, 0.2) is 0 Å². The van der Waals surface area contributed by atoms with Gasteiger partial charge in [-0.05, 0) is 55.5 Å². The zero-order valence-electron chi connectivity index (χ0n) is 14.6. The van der Waals surface area contributed by atoms with E-state index in [0.29, 0.717) is 0 Å². The first-order valence-corrected chi connectivity index (χ1v) is 10.0. The second-order valence-corrected chi connectivity index (χ2v) is 8.27. The summed E-state index contributed by atoms with van der Waals surface area (Å²) in [5, 5.41) is -0.362. The van der Waals surface area contributed by atoms with Gasteiger partial charge in [0.05, 0.1) is 21.6 Å². The van der Waals surface area contributed by atoms with Crippen molar-refractivity contribution >= 4 is 27.3 Å². The van der Waals surface area contributed by atoms with Gasteiger partial charge in [0, 0.05) is 5.56 Å². The molecule has 0 aliphatic rings. The van der Waals surface area contributed by atoms with Crippen LogP contribution in [-0.2, 0) is 10.0 Å². The van der Waals surface area contributed by atoms with Crippen LogP contribution in [0.25, 0.3) is 0 Å². The zero-order valence-corrected chi connectivity index (χ0v) is 16.2. The maximum Gasteiger partial charge on any atom is 0.264 e. The van der Waals surface area contributed by atoms with Crippen LogP contribution < -0.4 is 4.31 Å². The first-order valence-electron chi connectivity index (χ1n) is 8.21. The average molecular weight is 426 g/mol. The summed E-state index contributed by atoms with van der Waals surface area (Å²) in [6, 6.07) is 12.5. The van der Waals surface area contributed by atoms with Crippen LogP contribution >= 0.6 is 11.6 Å². The molecule has 0 amide bonds. The fourth-order valence-electron chi connectivity index (χ4n) is 2.85. The van der Waals surface area contributed by atoms with E-state index in [0.717, 1.165) is 34.6 Å². The second-order valence-electron chi connectivity index (χ2n) is 6.05. The van der Waals surface area contributed by atoms with Crippen molar-refractivity contribution in [1.82, 2.24) is 0 Å². The van der Waals surface area contributed by atoms with E-state index in [1.165, 1.54) is 37.3 Å². The minimum absolute atomic E-state index is 0.123. The third-order valence-corrected chi connectivity index (χ3v) is 6.42. The third kappa shape index (κ3) is 3.86. The summed E-state index contributed by atoms with van der Waals surface area (Å²) in [6.45, 7) is 1.50. The molecule has 146 valence electrons. The number of halogens is 4. The molecule has 28 heavy (non-hydrogen) atoms. The normalized spacial score (nSPS) is 12.6. The van der Waals surface area contributed by atoms with E-state index in [9.17, 15) is 21.6 Å². The minimum Gasteiger partial charge on any atom is -0.259 e. The predicted molar refractivity (Wildman–Crippen MR) is 102 cm³/mol. The first kappa shape index (κ1) is 20.2. The summed E-state index contributed by atoms with van der Waals surface area (Å²) in [4.78, 5) is -0.272. The van der Waals surface area contributed by atoms with E-state index < -0.39 is 33.5 Å². The van der Waals surface area contributed by atoms with Crippen LogP contribution in [0.5, 0.6) is 0 Å². The Morgan fingerprint density at radius 1 is 0.893 bits per heavy atom. The fourth-order valence-corrected chi connectivity index (χ4v) is 4.76. The Hall–Kier alpha value is -2.51. The van der Waals surface area contributed by atoms with Gasteiger partial charge in [0.2, 0.25) is 0 Å². The van der Waals surface area contributed by atoms with Crippen molar-refractivity contribution in [2.75, 3.05) is 4.31 Å². The Morgan fingerprint density at radius 2 is 1.54 bits per heavy atom. The first-order chi connectivity index (χ1) is 13.2. The second kappa shape index (κ2) is 7.85. The number of anilines is 1. The van der Waals surface area contributed by atoms with Gasteiger partial charge in [-0.2, -0.15) is 0 Å². The van der Waals surface area contributed by atoms with Crippen LogP contribution in [0.2, 0.25) is 5.02 Å². The maximum atomic E-state index is 14.3. The van der Waals surface area contributed by atoms with Gasteiger partial charge >= 0.3 is 0 Å². The highest BCUT2D eigenvalue weighted by atomic mass is 35.5. The van der Waals surface area contributed by atoms with Crippen molar-refractivity contribution in [1.29, 1.82) is 0 Å². The average Bonchev–Trinajstić information content (AvgIpc) is 2.65. The van der Waals surface area contributed by atoms with E-state index in [1.54, 1.807) is 6.07 Å². The standard InChI is InChI=1S/C20H15ClF3NO2S/c1-13(17-4-2-3-5-19(17)23)25(15-8-6-14(22)7-9-15)28(26,27)16-10-11-20(24)18(21)12-16/h2-13H,1H3/t13-/m0/s1. The van der Waals surface area contributed by atoms with E-state index in [1.807, 2.05) is 0 Å². The molecule has 3 aromatic rings. The molecule has 3 aromatic carbocycles. The van der Waals surface area contributed by atoms with Crippen molar-refractivity contribution in [3.63, 3.8) is 0 Å². The van der Waals surface area contributed by atoms with Gasteiger partial charge in [0.25, 0.3) is 10.0 Å². The lowest BCUT2D eigenvalue weighted by Crippen LogP contribution is -2.34. The Balaban J connectivity index is 2.19. The van der Waals surface area contributed by atoms with Crippen LogP contribution in [0.1, 0.15) is 18.5 Å². The molecule has 0 aliphatic heterocycles. The van der Waals surface area contributed by atoms with Crippen molar-refractivity contribution in [3.05, 3.63) is 94.8 Å². The molecular formula is C20H15ClF3NO2S. The summed E-state index contributed by atoms with van der Waals surface area (Å²) < 4.78 is 68.8. The van der Waals surface area contributed by atoms with Crippen molar-refractivity contribution in [2.45, 2.75) is 17.9 Å². The van der Waals surface area contributed by atoms with Crippen molar-refractivity contribution in [2.24, 2.45) is 0 Å². The lowest BCUT2D eigenvalue weighted by molar-refractivity contribution is 0.568. The maximum absolute atomic E-state index is 14.3. The number of hydrogen-bond acceptors (Lipinski definition) is 2. The lowest BCUT2D eigenvalue weighted by atomic mass is 10.1. The Bertz CT molecular complexity index is 1100. The third-order valence-electron chi connectivity index (χ3n) is 4.24. The highest BCUT2D eigenvalue weighted by Gasteiger charge is 2.32. The number of benzene rings is 3. The minimum atomic E-state index is -4.28. The zero-order chi connectivity index (χ0) is 20.5. The van der Waals surface area contributed by atoms with Gasteiger partial charge in [-0.25, -0.2) is 21.6 Å². The smallest absolute Gasteiger partial charge is 0.259 e. The van der Waals surface area contributed by atoms with Crippen LogP contribution in [0.3, 0.4) is 0 Å². The molecule has 3 nitrogen and oxygen atoms in total. The molecule has 3 rings (SSSR count). The van der Waals surface area contributed by atoms with E-state index in [-0.39, 0.29) is 21.2 Å². The molecule has 0 aliphatic carbocycles. The van der Waals surface area contributed by atoms with Crippen LogP contribution in [0.15, 0.2) is 71.6 Å². The molecule has 0 heterocycles. The highest BCUT2D eigenvalue weighted by molar-refractivity contribution is 7.92. The molecule has 0 unspecified atom stereocenters. The largest absolute Gasteiger partial charge is 0.264 e. The van der Waals surface area contributed by atoms with Crippen LogP contribution in [0.4, 0.5) is 18.9 Å². The van der Waals surface area contributed by atoms with Gasteiger partial charge in [0.1, 0.15) is 17.5 Å². The summed E-state index contributed by atoms with van der Waals surface area (Å²) >= 11 is 5.75. The van der Waals surface area contributed by atoms with Gasteiger partial charge in [-0.3, -0.25) is 4.31 Å². The van der Waals surface area contributed by atoms with E-state index >= 15 is 0 Å². The van der Waals surface area contributed by atoms with E-state index in [2.05, 4.69) is 0 Å². The Kier molecular flexibility index (Phi) is 5.67. The van der Waals surface area contributed by atoms with Crippen molar-refractivity contribution in [3.8, 4) is 0 Å². The number of nitrogens with zero attached hydrogens (tertiary/aromatic N) is 1. The van der Waals surface area contributed by atoms with Crippen LogP contribution in [-0.4, -0.2) is 8.42 Å². The number of sulfonamides is 1. The summed E-state index contributed by atoms with van der Waals surface area (Å²) in [7, 11) is -4.28. The van der Waals surface area contributed by atoms with Gasteiger partial charge in [-0.1, -0.05) is 29.8 Å². The lowest BCUT2D eigenvalue weighted by Gasteiger charge is -2.31. The molecule has 0 radical (unpaired) electrons. The monoisotopic (exact) mass is 425 g/mol. The summed E-state index contributed by atoms with van der Waals surface area (Å²) in [5.74, 6) is -1.91. The Labute approximate surface area is 166 Å². The topological polar surface area (TPSA) is 37.4 Å². The molecule has 1 atom stereocenters. The molecule has 0 fully saturated rings. The highest BCUT2D eigenvalue weighted by Crippen LogP contribution is 2.35. The van der Waals surface area contributed by atoms with Gasteiger partial charge < -0.3 is 0 Å². The molecule has 0 aromatic heterocycles. The molecule has 8 heteroatoms. The number of rotatable bonds is 5. The predicted octanol–water partition coefficient (Wildman–Crippen LogP) is 5.71. The van der Waals surface area contributed by atoms with Crippen molar-refractivity contribution < 1.29 is 21.6 Å².